The fourth-order valence-corrected chi connectivity index (χ4v) is 2.00. The molecule has 0 aliphatic rings. The summed E-state index contributed by atoms with van der Waals surface area (Å²) in [5, 5.41) is 7.98. The molecule has 114 valence electrons. The highest BCUT2D eigenvalue weighted by atomic mass is 19.4. The molecular weight excluding hydrogens is 271 g/mol. The lowest BCUT2D eigenvalue weighted by atomic mass is 10.0. The maximum Gasteiger partial charge on any atom is 0.389 e. The van der Waals surface area contributed by atoms with Crippen molar-refractivity contribution in [3.8, 4) is 5.88 Å². The first-order valence-corrected chi connectivity index (χ1v) is 6.69. The summed E-state index contributed by atoms with van der Waals surface area (Å²) < 4.78 is 41.4. The predicted molar refractivity (Wildman–Crippen MR) is 69.5 cm³/mol. The van der Waals surface area contributed by atoms with Crippen LogP contribution in [0.3, 0.4) is 0 Å². The zero-order valence-electron chi connectivity index (χ0n) is 11.8. The molecule has 0 radical (unpaired) electrons. The summed E-state index contributed by atoms with van der Waals surface area (Å²) in [6.45, 7) is 4.13. The summed E-state index contributed by atoms with van der Waals surface area (Å²) in [5.41, 5.74) is 8.28. The largest absolute Gasteiger partial charge is 0.476 e. The molecule has 2 N–H and O–H groups in total. The number of hydrogen-bond donors (Lipinski definition) is 1. The summed E-state index contributed by atoms with van der Waals surface area (Å²) >= 11 is 0. The normalized spacial score (nSPS) is 11.7. The Morgan fingerprint density at radius 2 is 1.80 bits per heavy atom. The molecule has 0 fully saturated rings. The molecule has 1 heterocycles. The van der Waals surface area contributed by atoms with Gasteiger partial charge in [-0.25, -0.2) is 0 Å². The Morgan fingerprint density at radius 1 is 1.10 bits per heavy atom. The molecule has 0 bridgehead atoms. The SMILES string of the molecule is CCc1nnc(OCCCC(F)(F)F)c(CN)c1CC. The van der Waals surface area contributed by atoms with Crippen LogP contribution < -0.4 is 10.5 Å². The number of hydrogen-bond acceptors (Lipinski definition) is 4. The van der Waals surface area contributed by atoms with Crippen molar-refractivity contribution in [3.63, 3.8) is 0 Å². The predicted octanol–water partition coefficient (Wildman–Crippen LogP) is 2.78. The third-order valence-electron chi connectivity index (χ3n) is 2.97. The summed E-state index contributed by atoms with van der Waals surface area (Å²) in [6.07, 6.45) is -3.66. The number of aryl methyl sites for hydroxylation is 1. The second-order valence-electron chi connectivity index (χ2n) is 4.39. The lowest BCUT2D eigenvalue weighted by Gasteiger charge is -2.14. The number of nitrogens with two attached hydrogens (primary N) is 1. The first-order chi connectivity index (χ1) is 9.42. The third-order valence-corrected chi connectivity index (χ3v) is 2.97. The molecule has 0 aromatic carbocycles. The van der Waals surface area contributed by atoms with Gasteiger partial charge < -0.3 is 10.5 Å². The molecule has 1 aromatic heterocycles. The minimum Gasteiger partial charge on any atom is -0.476 e. The van der Waals surface area contributed by atoms with E-state index in [-0.39, 0.29) is 25.5 Å². The Balaban J connectivity index is 2.75. The number of rotatable bonds is 7. The zero-order valence-corrected chi connectivity index (χ0v) is 11.8. The van der Waals surface area contributed by atoms with Gasteiger partial charge in [0.25, 0.3) is 0 Å². The van der Waals surface area contributed by atoms with E-state index in [0.717, 1.165) is 29.7 Å². The summed E-state index contributed by atoms with van der Waals surface area (Å²) in [5.74, 6) is 0.253. The van der Waals surface area contributed by atoms with Crippen LogP contribution in [0.2, 0.25) is 0 Å². The lowest BCUT2D eigenvalue weighted by molar-refractivity contribution is -0.136. The van der Waals surface area contributed by atoms with Crippen molar-refractivity contribution in [2.75, 3.05) is 6.61 Å². The molecule has 1 aromatic rings. The van der Waals surface area contributed by atoms with E-state index >= 15 is 0 Å². The van der Waals surface area contributed by atoms with E-state index in [0.29, 0.717) is 0 Å². The van der Waals surface area contributed by atoms with Crippen molar-refractivity contribution in [1.29, 1.82) is 0 Å². The van der Waals surface area contributed by atoms with Gasteiger partial charge in [0, 0.05) is 18.5 Å². The van der Waals surface area contributed by atoms with Gasteiger partial charge in [-0.2, -0.15) is 18.3 Å². The lowest BCUT2D eigenvalue weighted by Crippen LogP contribution is -2.14. The molecule has 0 amide bonds. The molecule has 0 aliphatic carbocycles. The van der Waals surface area contributed by atoms with Gasteiger partial charge in [-0.05, 0) is 24.8 Å². The van der Waals surface area contributed by atoms with Gasteiger partial charge in [-0.1, -0.05) is 13.8 Å². The van der Waals surface area contributed by atoms with Crippen LogP contribution in [0.25, 0.3) is 0 Å². The monoisotopic (exact) mass is 291 g/mol. The fourth-order valence-electron chi connectivity index (χ4n) is 2.00. The number of alkyl halides is 3. The van der Waals surface area contributed by atoms with Gasteiger partial charge in [-0.3, -0.25) is 0 Å². The molecule has 0 aliphatic heterocycles. The Kier molecular flexibility index (Phi) is 6.19. The van der Waals surface area contributed by atoms with Gasteiger partial charge in [-0.15, -0.1) is 5.10 Å². The Labute approximate surface area is 116 Å². The van der Waals surface area contributed by atoms with E-state index in [4.69, 9.17) is 10.5 Å². The number of halogens is 3. The highest BCUT2D eigenvalue weighted by Gasteiger charge is 2.26. The quantitative estimate of drug-likeness (QED) is 0.785. The van der Waals surface area contributed by atoms with Gasteiger partial charge >= 0.3 is 6.18 Å². The molecule has 4 nitrogen and oxygen atoms in total. The topological polar surface area (TPSA) is 61.0 Å². The average molecular weight is 291 g/mol. The van der Waals surface area contributed by atoms with E-state index in [9.17, 15) is 13.2 Å². The van der Waals surface area contributed by atoms with Crippen molar-refractivity contribution in [2.24, 2.45) is 5.73 Å². The molecule has 0 unspecified atom stereocenters. The molecule has 0 saturated carbocycles. The van der Waals surface area contributed by atoms with Gasteiger partial charge in [0.05, 0.1) is 12.3 Å². The summed E-state index contributed by atoms with van der Waals surface area (Å²) in [6, 6.07) is 0. The first-order valence-electron chi connectivity index (χ1n) is 6.69. The van der Waals surface area contributed by atoms with Crippen LogP contribution in [-0.4, -0.2) is 23.0 Å². The third kappa shape index (κ3) is 4.63. The van der Waals surface area contributed by atoms with Crippen LogP contribution >= 0.6 is 0 Å². The van der Waals surface area contributed by atoms with E-state index in [1.54, 1.807) is 0 Å². The molecule has 0 atom stereocenters. The second-order valence-corrected chi connectivity index (χ2v) is 4.39. The first kappa shape index (κ1) is 16.7. The van der Waals surface area contributed by atoms with Crippen LogP contribution in [0.1, 0.15) is 43.5 Å². The van der Waals surface area contributed by atoms with Crippen molar-refractivity contribution in [2.45, 2.75) is 52.3 Å². The highest BCUT2D eigenvalue weighted by Crippen LogP contribution is 2.24. The Hall–Kier alpha value is -1.37. The minimum atomic E-state index is -4.16. The zero-order chi connectivity index (χ0) is 15.2. The maximum absolute atomic E-state index is 12.0. The standard InChI is InChI=1S/C13H20F3N3O/c1-3-9-10(8-17)12(19-18-11(9)4-2)20-7-5-6-13(14,15)16/h3-8,17H2,1-2H3. The van der Waals surface area contributed by atoms with Crippen molar-refractivity contribution in [1.82, 2.24) is 10.2 Å². The van der Waals surface area contributed by atoms with Gasteiger partial charge in [0.15, 0.2) is 0 Å². The summed E-state index contributed by atoms with van der Waals surface area (Å²) in [7, 11) is 0. The minimum absolute atomic E-state index is 0.0458. The summed E-state index contributed by atoms with van der Waals surface area (Å²) in [4.78, 5) is 0. The molecule has 20 heavy (non-hydrogen) atoms. The average Bonchev–Trinajstić information content (AvgIpc) is 2.41. The van der Waals surface area contributed by atoms with Gasteiger partial charge in [0.2, 0.25) is 5.88 Å². The van der Waals surface area contributed by atoms with E-state index in [2.05, 4.69) is 10.2 Å². The molecule has 0 spiro atoms. The maximum atomic E-state index is 12.0. The smallest absolute Gasteiger partial charge is 0.389 e. The van der Waals surface area contributed by atoms with Gasteiger partial charge in [0.1, 0.15) is 0 Å². The fraction of sp³-hybridized carbons (Fsp3) is 0.692. The van der Waals surface area contributed by atoms with Crippen LogP contribution in [0.15, 0.2) is 0 Å². The molecule has 1 rings (SSSR count). The van der Waals surface area contributed by atoms with E-state index in [1.165, 1.54) is 0 Å². The van der Waals surface area contributed by atoms with E-state index in [1.807, 2.05) is 13.8 Å². The Morgan fingerprint density at radius 3 is 2.30 bits per heavy atom. The molecular formula is C13H20F3N3O. The van der Waals surface area contributed by atoms with Crippen molar-refractivity contribution < 1.29 is 17.9 Å². The number of aromatic nitrogens is 2. The van der Waals surface area contributed by atoms with Crippen LogP contribution in [0.5, 0.6) is 5.88 Å². The van der Waals surface area contributed by atoms with Crippen LogP contribution in [-0.2, 0) is 19.4 Å². The van der Waals surface area contributed by atoms with E-state index < -0.39 is 12.6 Å². The number of nitrogens with zero attached hydrogens (tertiary/aromatic N) is 2. The highest BCUT2D eigenvalue weighted by molar-refractivity contribution is 5.36. The Bertz CT molecular complexity index is 436. The molecule has 0 saturated heterocycles. The molecule has 7 heteroatoms. The second kappa shape index (κ2) is 7.42. The van der Waals surface area contributed by atoms with Crippen LogP contribution in [0.4, 0.5) is 13.2 Å². The van der Waals surface area contributed by atoms with Crippen LogP contribution in [0, 0.1) is 0 Å². The van der Waals surface area contributed by atoms with Crippen molar-refractivity contribution >= 4 is 0 Å². The van der Waals surface area contributed by atoms with Crippen molar-refractivity contribution in [3.05, 3.63) is 16.8 Å². The number of ether oxygens (including phenoxy) is 1.